The lowest BCUT2D eigenvalue weighted by molar-refractivity contribution is 0.289. The van der Waals surface area contributed by atoms with Gasteiger partial charge in [0.25, 0.3) is 0 Å². The molecule has 1 saturated carbocycles. The van der Waals surface area contributed by atoms with Crippen LogP contribution in [0.1, 0.15) is 122 Å². The summed E-state index contributed by atoms with van der Waals surface area (Å²) in [4.78, 5) is 0. The summed E-state index contributed by atoms with van der Waals surface area (Å²) in [7, 11) is 0. The van der Waals surface area contributed by atoms with Gasteiger partial charge in [-0.15, -0.1) is 0 Å². The second-order valence-corrected chi connectivity index (χ2v) is 9.88. The van der Waals surface area contributed by atoms with E-state index in [1.807, 2.05) is 0 Å². The molecule has 1 aromatic rings. The fraction of sp³-hybridized carbons (Fsp3) is 0.733. The zero-order valence-electron chi connectivity index (χ0n) is 20.8. The Morgan fingerprint density at radius 3 is 2.03 bits per heavy atom. The summed E-state index contributed by atoms with van der Waals surface area (Å²) in [6.45, 7) is 5.44. The van der Waals surface area contributed by atoms with E-state index >= 15 is 0 Å². The molecule has 0 amide bonds. The molecule has 0 N–H and O–H groups in total. The van der Waals surface area contributed by atoms with Crippen molar-refractivity contribution in [2.75, 3.05) is 6.61 Å². The molecular formula is C30H50O. The fourth-order valence-electron chi connectivity index (χ4n) is 4.90. The highest BCUT2D eigenvalue weighted by Gasteiger charge is 2.18. The van der Waals surface area contributed by atoms with Crippen LogP contribution in [-0.2, 0) is 6.42 Å². The summed E-state index contributed by atoms with van der Waals surface area (Å²) in [5.41, 5.74) is 1.39. The monoisotopic (exact) mass is 426 g/mol. The van der Waals surface area contributed by atoms with Crippen LogP contribution in [0.5, 0.6) is 5.75 Å². The first kappa shape index (κ1) is 26.0. The van der Waals surface area contributed by atoms with Gasteiger partial charge >= 0.3 is 0 Å². The van der Waals surface area contributed by atoms with E-state index in [1.54, 1.807) is 0 Å². The third-order valence-electron chi connectivity index (χ3n) is 7.06. The first-order valence-corrected chi connectivity index (χ1v) is 13.7. The molecule has 0 heterocycles. The van der Waals surface area contributed by atoms with Crippen LogP contribution in [0.2, 0.25) is 0 Å². The number of hydrogen-bond donors (Lipinski definition) is 0. The highest BCUT2D eigenvalue weighted by atomic mass is 16.5. The van der Waals surface area contributed by atoms with Crippen LogP contribution in [0.15, 0.2) is 36.4 Å². The number of unbranched alkanes of at least 4 members (excludes halogenated alkanes) is 9. The minimum absolute atomic E-state index is 0.816. The quantitative estimate of drug-likeness (QED) is 0.178. The molecule has 2 rings (SSSR count). The Bertz CT molecular complexity index is 550. The minimum Gasteiger partial charge on any atom is -0.494 e. The molecule has 0 aromatic heterocycles. The van der Waals surface area contributed by atoms with Crippen LogP contribution in [0.4, 0.5) is 0 Å². The van der Waals surface area contributed by atoms with Crippen molar-refractivity contribution in [2.24, 2.45) is 11.8 Å². The predicted molar refractivity (Wildman–Crippen MR) is 137 cm³/mol. The fourth-order valence-corrected chi connectivity index (χ4v) is 4.90. The van der Waals surface area contributed by atoms with E-state index in [9.17, 15) is 0 Å². The minimum atomic E-state index is 0.816. The van der Waals surface area contributed by atoms with E-state index < -0.39 is 0 Å². The molecule has 1 aliphatic rings. The Kier molecular flexibility index (Phi) is 14.5. The molecule has 1 heteroatoms. The van der Waals surface area contributed by atoms with Crippen molar-refractivity contribution < 1.29 is 4.74 Å². The second-order valence-electron chi connectivity index (χ2n) is 9.88. The van der Waals surface area contributed by atoms with Gasteiger partial charge in [0, 0.05) is 0 Å². The van der Waals surface area contributed by atoms with Gasteiger partial charge in [-0.2, -0.15) is 0 Å². The molecule has 1 aliphatic carbocycles. The molecule has 31 heavy (non-hydrogen) atoms. The lowest BCUT2D eigenvalue weighted by Gasteiger charge is -2.26. The SMILES string of the molecule is CCCCCCCCCCOc1ccc(C/C=C/C2CCC(CCCCC)CC2)cc1. The van der Waals surface area contributed by atoms with Crippen molar-refractivity contribution in [1.82, 2.24) is 0 Å². The van der Waals surface area contributed by atoms with Crippen LogP contribution < -0.4 is 4.74 Å². The summed E-state index contributed by atoms with van der Waals surface area (Å²) in [6.07, 6.45) is 28.1. The number of rotatable bonds is 17. The first-order chi connectivity index (χ1) is 15.3. The Morgan fingerprint density at radius 1 is 0.742 bits per heavy atom. The van der Waals surface area contributed by atoms with Gasteiger partial charge in [0.1, 0.15) is 5.75 Å². The van der Waals surface area contributed by atoms with Crippen molar-refractivity contribution in [3.05, 3.63) is 42.0 Å². The molecule has 0 bridgehead atoms. The van der Waals surface area contributed by atoms with Gasteiger partial charge in [0.2, 0.25) is 0 Å². The van der Waals surface area contributed by atoms with E-state index in [-0.39, 0.29) is 0 Å². The lowest BCUT2D eigenvalue weighted by atomic mass is 9.79. The molecule has 176 valence electrons. The molecule has 1 fully saturated rings. The van der Waals surface area contributed by atoms with Crippen LogP contribution in [0.25, 0.3) is 0 Å². The maximum Gasteiger partial charge on any atom is 0.119 e. The largest absolute Gasteiger partial charge is 0.494 e. The van der Waals surface area contributed by atoms with Gasteiger partial charge in [-0.3, -0.25) is 0 Å². The van der Waals surface area contributed by atoms with Crippen LogP contribution >= 0.6 is 0 Å². The highest BCUT2D eigenvalue weighted by molar-refractivity contribution is 5.28. The van der Waals surface area contributed by atoms with Gasteiger partial charge < -0.3 is 4.74 Å². The normalized spacial score (nSPS) is 19.2. The third-order valence-corrected chi connectivity index (χ3v) is 7.06. The average Bonchev–Trinajstić information content (AvgIpc) is 2.80. The number of ether oxygens (including phenoxy) is 1. The molecule has 0 radical (unpaired) electrons. The van der Waals surface area contributed by atoms with Crippen molar-refractivity contribution in [2.45, 2.75) is 123 Å². The maximum absolute atomic E-state index is 5.93. The van der Waals surface area contributed by atoms with Gasteiger partial charge in [-0.1, -0.05) is 109 Å². The Labute approximate surface area is 194 Å². The Hall–Kier alpha value is -1.24. The number of hydrogen-bond acceptors (Lipinski definition) is 1. The zero-order chi connectivity index (χ0) is 22.0. The zero-order valence-corrected chi connectivity index (χ0v) is 20.8. The molecule has 0 aliphatic heterocycles. The van der Waals surface area contributed by atoms with Crippen LogP contribution in [0.3, 0.4) is 0 Å². The maximum atomic E-state index is 5.93. The molecular weight excluding hydrogens is 376 g/mol. The van der Waals surface area contributed by atoms with Crippen molar-refractivity contribution >= 4 is 0 Å². The Morgan fingerprint density at radius 2 is 1.35 bits per heavy atom. The predicted octanol–water partition coefficient (Wildman–Crippen LogP) is 9.69. The number of allylic oxidation sites excluding steroid dienone is 2. The Balaban J connectivity index is 1.52. The first-order valence-electron chi connectivity index (χ1n) is 13.7. The van der Waals surface area contributed by atoms with E-state index in [2.05, 4.69) is 50.3 Å². The molecule has 0 spiro atoms. The lowest BCUT2D eigenvalue weighted by Crippen LogP contribution is -2.13. The van der Waals surface area contributed by atoms with Gasteiger partial charge in [0.15, 0.2) is 0 Å². The second kappa shape index (κ2) is 17.3. The number of benzene rings is 1. The van der Waals surface area contributed by atoms with Crippen molar-refractivity contribution in [1.29, 1.82) is 0 Å². The average molecular weight is 427 g/mol. The van der Waals surface area contributed by atoms with E-state index in [1.165, 1.54) is 108 Å². The summed E-state index contributed by atoms with van der Waals surface area (Å²) in [5.74, 6) is 2.85. The summed E-state index contributed by atoms with van der Waals surface area (Å²) >= 11 is 0. The summed E-state index contributed by atoms with van der Waals surface area (Å²) in [5, 5.41) is 0. The van der Waals surface area contributed by atoms with Crippen LogP contribution in [0, 0.1) is 11.8 Å². The van der Waals surface area contributed by atoms with Crippen molar-refractivity contribution in [3.63, 3.8) is 0 Å². The van der Waals surface area contributed by atoms with Gasteiger partial charge in [0.05, 0.1) is 6.61 Å². The summed E-state index contributed by atoms with van der Waals surface area (Å²) < 4.78 is 5.93. The van der Waals surface area contributed by atoms with Gasteiger partial charge in [-0.05, 0) is 68.1 Å². The topological polar surface area (TPSA) is 9.23 Å². The summed E-state index contributed by atoms with van der Waals surface area (Å²) in [6, 6.07) is 8.76. The van der Waals surface area contributed by atoms with Crippen LogP contribution in [-0.4, -0.2) is 6.61 Å². The van der Waals surface area contributed by atoms with Crippen molar-refractivity contribution in [3.8, 4) is 5.75 Å². The molecule has 1 nitrogen and oxygen atoms in total. The molecule has 0 unspecified atom stereocenters. The molecule has 0 atom stereocenters. The smallest absolute Gasteiger partial charge is 0.119 e. The van der Waals surface area contributed by atoms with E-state index in [0.717, 1.165) is 30.6 Å². The van der Waals surface area contributed by atoms with Gasteiger partial charge in [-0.25, -0.2) is 0 Å². The van der Waals surface area contributed by atoms with E-state index in [0.29, 0.717) is 0 Å². The van der Waals surface area contributed by atoms with E-state index in [4.69, 9.17) is 4.74 Å². The molecule has 0 saturated heterocycles. The third kappa shape index (κ3) is 12.4. The standard InChI is InChI=1S/C30H50O/c1-3-5-7-8-9-10-11-13-26-31-30-24-22-29(23-25-30)17-14-16-28-20-18-27(19-21-28)15-12-6-4-2/h14,16,22-25,27-28H,3-13,15,17-21,26H2,1-2H3/b16-14+. The highest BCUT2D eigenvalue weighted by Crippen LogP contribution is 2.32. The molecule has 1 aromatic carbocycles.